The summed E-state index contributed by atoms with van der Waals surface area (Å²) >= 11 is 5.78. The molecule has 0 aliphatic heterocycles. The summed E-state index contributed by atoms with van der Waals surface area (Å²) in [6, 6.07) is 10.4. The van der Waals surface area contributed by atoms with Crippen LogP contribution in [-0.2, 0) is 10.0 Å². The standard InChI is InChI=1S/C18H18ClN5O3S/c1-24(2)13-8-6-12(7-9-13)16-14(5-4-10-20-16)28(25,26)23-17-18(27-3)22-15(19)11-21-17/h4-11H,1-3H3,(H,21,23). The van der Waals surface area contributed by atoms with Crippen LogP contribution in [-0.4, -0.2) is 44.6 Å². The Bertz CT molecular complexity index is 1090. The smallest absolute Gasteiger partial charge is 0.265 e. The third-order valence-electron chi connectivity index (χ3n) is 3.85. The molecular formula is C18H18ClN5O3S. The molecule has 10 heteroatoms. The van der Waals surface area contributed by atoms with Gasteiger partial charge in [0.15, 0.2) is 5.15 Å². The number of anilines is 2. The van der Waals surface area contributed by atoms with Crippen molar-refractivity contribution in [2.45, 2.75) is 4.90 Å². The van der Waals surface area contributed by atoms with Gasteiger partial charge in [-0.1, -0.05) is 23.7 Å². The van der Waals surface area contributed by atoms with Crippen molar-refractivity contribution in [3.63, 3.8) is 0 Å². The van der Waals surface area contributed by atoms with Crippen LogP contribution in [0.15, 0.2) is 53.7 Å². The molecule has 0 aliphatic carbocycles. The fourth-order valence-corrected chi connectivity index (χ4v) is 3.80. The Labute approximate surface area is 168 Å². The number of ether oxygens (including phenoxy) is 1. The van der Waals surface area contributed by atoms with Crippen LogP contribution in [0, 0.1) is 0 Å². The monoisotopic (exact) mass is 419 g/mol. The van der Waals surface area contributed by atoms with Gasteiger partial charge in [0.1, 0.15) is 4.90 Å². The van der Waals surface area contributed by atoms with Gasteiger partial charge in [-0.3, -0.25) is 9.71 Å². The van der Waals surface area contributed by atoms with Gasteiger partial charge < -0.3 is 9.64 Å². The Kier molecular flexibility index (Phi) is 5.66. The molecule has 0 aliphatic rings. The average molecular weight is 420 g/mol. The summed E-state index contributed by atoms with van der Waals surface area (Å²) in [5.74, 6) is -0.0958. The number of benzene rings is 1. The maximum absolute atomic E-state index is 13.0. The molecule has 3 aromatic rings. The number of hydrogen-bond acceptors (Lipinski definition) is 7. The van der Waals surface area contributed by atoms with Gasteiger partial charge in [-0.25, -0.2) is 13.4 Å². The molecule has 0 fully saturated rings. The van der Waals surface area contributed by atoms with Crippen LogP contribution >= 0.6 is 11.6 Å². The number of nitrogens with zero attached hydrogens (tertiary/aromatic N) is 4. The van der Waals surface area contributed by atoms with E-state index in [4.69, 9.17) is 16.3 Å². The van der Waals surface area contributed by atoms with E-state index < -0.39 is 10.0 Å². The Balaban J connectivity index is 2.02. The third kappa shape index (κ3) is 4.15. The molecule has 1 aromatic carbocycles. The van der Waals surface area contributed by atoms with Gasteiger partial charge in [0.2, 0.25) is 5.82 Å². The topological polar surface area (TPSA) is 97.3 Å². The average Bonchev–Trinajstić information content (AvgIpc) is 2.69. The summed E-state index contributed by atoms with van der Waals surface area (Å²) in [6.07, 6.45) is 2.77. The third-order valence-corrected chi connectivity index (χ3v) is 5.41. The van der Waals surface area contributed by atoms with Gasteiger partial charge in [-0.2, -0.15) is 4.98 Å². The van der Waals surface area contributed by atoms with E-state index >= 15 is 0 Å². The molecule has 0 saturated carbocycles. The van der Waals surface area contributed by atoms with E-state index in [0.717, 1.165) is 5.69 Å². The van der Waals surface area contributed by atoms with Gasteiger partial charge in [0, 0.05) is 31.5 Å². The van der Waals surface area contributed by atoms with Crippen LogP contribution in [0.25, 0.3) is 11.3 Å². The quantitative estimate of drug-likeness (QED) is 0.655. The van der Waals surface area contributed by atoms with Crippen LogP contribution in [0.2, 0.25) is 5.15 Å². The van der Waals surface area contributed by atoms with Gasteiger partial charge in [-0.05, 0) is 24.3 Å². The van der Waals surface area contributed by atoms with Crippen molar-refractivity contribution in [1.82, 2.24) is 15.0 Å². The summed E-state index contributed by atoms with van der Waals surface area (Å²) in [6.45, 7) is 0. The molecule has 2 heterocycles. The maximum Gasteiger partial charge on any atom is 0.265 e. The first-order valence-electron chi connectivity index (χ1n) is 8.14. The van der Waals surface area contributed by atoms with Crippen LogP contribution in [0.5, 0.6) is 5.88 Å². The zero-order valence-corrected chi connectivity index (χ0v) is 17.0. The first-order chi connectivity index (χ1) is 13.3. The van der Waals surface area contributed by atoms with Crippen molar-refractivity contribution in [3.05, 3.63) is 53.9 Å². The number of aromatic nitrogens is 3. The highest BCUT2D eigenvalue weighted by atomic mass is 35.5. The molecule has 0 radical (unpaired) electrons. The Morgan fingerprint density at radius 1 is 1.11 bits per heavy atom. The van der Waals surface area contributed by atoms with Gasteiger partial charge in [0.25, 0.3) is 15.9 Å². The SMILES string of the molecule is COc1nc(Cl)cnc1NS(=O)(=O)c1cccnc1-c1ccc(N(C)C)cc1. The van der Waals surface area contributed by atoms with Crippen molar-refractivity contribution in [3.8, 4) is 17.1 Å². The molecule has 146 valence electrons. The summed E-state index contributed by atoms with van der Waals surface area (Å²) < 4.78 is 33.5. The first-order valence-corrected chi connectivity index (χ1v) is 10.00. The van der Waals surface area contributed by atoms with E-state index in [-0.39, 0.29) is 21.7 Å². The maximum atomic E-state index is 13.0. The van der Waals surface area contributed by atoms with E-state index in [0.29, 0.717) is 11.3 Å². The van der Waals surface area contributed by atoms with Gasteiger partial charge in [0.05, 0.1) is 19.0 Å². The zero-order chi connectivity index (χ0) is 20.3. The lowest BCUT2D eigenvalue weighted by Gasteiger charge is -2.14. The number of rotatable bonds is 6. The van der Waals surface area contributed by atoms with Crippen LogP contribution in [0.3, 0.4) is 0 Å². The number of sulfonamides is 1. The lowest BCUT2D eigenvalue weighted by atomic mass is 10.1. The Hall–Kier alpha value is -2.91. The molecule has 1 N–H and O–H groups in total. The second kappa shape index (κ2) is 7.99. The number of nitrogens with one attached hydrogen (secondary N) is 1. The van der Waals surface area contributed by atoms with Crippen LogP contribution in [0.1, 0.15) is 0 Å². The Morgan fingerprint density at radius 2 is 1.82 bits per heavy atom. The van der Waals surface area contributed by atoms with Crippen LogP contribution in [0.4, 0.5) is 11.5 Å². The summed E-state index contributed by atoms with van der Waals surface area (Å²) in [4.78, 5) is 14.1. The van der Waals surface area contributed by atoms with Gasteiger partial charge >= 0.3 is 0 Å². The summed E-state index contributed by atoms with van der Waals surface area (Å²) in [5, 5.41) is 0.0860. The predicted octanol–water partition coefficient (Wildman–Crippen LogP) is 3.07. The molecule has 0 atom stereocenters. The van der Waals surface area contributed by atoms with Crippen molar-refractivity contribution < 1.29 is 13.2 Å². The highest BCUT2D eigenvalue weighted by Crippen LogP contribution is 2.29. The molecule has 0 amide bonds. The predicted molar refractivity (Wildman–Crippen MR) is 108 cm³/mol. The number of pyridine rings is 1. The second-order valence-corrected chi connectivity index (χ2v) is 7.99. The number of halogens is 1. The van der Waals surface area contributed by atoms with E-state index in [9.17, 15) is 8.42 Å². The molecule has 0 bridgehead atoms. The zero-order valence-electron chi connectivity index (χ0n) is 15.4. The summed E-state index contributed by atoms with van der Waals surface area (Å²) in [5.41, 5.74) is 1.98. The molecular weight excluding hydrogens is 402 g/mol. The van der Waals surface area contributed by atoms with E-state index in [1.807, 2.05) is 43.3 Å². The highest BCUT2D eigenvalue weighted by molar-refractivity contribution is 7.92. The van der Waals surface area contributed by atoms with E-state index in [1.165, 1.54) is 25.6 Å². The van der Waals surface area contributed by atoms with E-state index in [2.05, 4.69) is 19.7 Å². The lowest BCUT2D eigenvalue weighted by molar-refractivity contribution is 0.398. The fraction of sp³-hybridized carbons (Fsp3) is 0.167. The van der Waals surface area contributed by atoms with Crippen molar-refractivity contribution in [2.75, 3.05) is 30.8 Å². The fourth-order valence-electron chi connectivity index (χ4n) is 2.49. The molecule has 0 unspecified atom stereocenters. The number of hydrogen-bond donors (Lipinski definition) is 1. The molecule has 28 heavy (non-hydrogen) atoms. The minimum Gasteiger partial charge on any atom is -0.478 e. The minimum atomic E-state index is -4.01. The van der Waals surface area contributed by atoms with Crippen LogP contribution < -0.4 is 14.4 Å². The molecule has 0 saturated heterocycles. The van der Waals surface area contributed by atoms with Crippen molar-refractivity contribution >= 4 is 33.1 Å². The highest BCUT2D eigenvalue weighted by Gasteiger charge is 2.23. The molecule has 3 rings (SSSR count). The first kappa shape index (κ1) is 19.8. The van der Waals surface area contributed by atoms with Gasteiger partial charge in [-0.15, -0.1) is 0 Å². The normalized spacial score (nSPS) is 11.1. The van der Waals surface area contributed by atoms with E-state index in [1.54, 1.807) is 6.07 Å². The molecule has 0 spiro atoms. The lowest BCUT2D eigenvalue weighted by Crippen LogP contribution is -2.16. The summed E-state index contributed by atoms with van der Waals surface area (Å²) in [7, 11) is 1.19. The Morgan fingerprint density at radius 3 is 2.46 bits per heavy atom. The van der Waals surface area contributed by atoms with Crippen molar-refractivity contribution in [2.24, 2.45) is 0 Å². The second-order valence-electron chi connectivity index (χ2n) is 5.95. The largest absolute Gasteiger partial charge is 0.478 e. The molecule has 8 nitrogen and oxygen atoms in total. The number of methoxy groups -OCH3 is 1. The molecule has 2 aromatic heterocycles. The van der Waals surface area contributed by atoms with Crippen molar-refractivity contribution in [1.29, 1.82) is 0 Å². The minimum absolute atomic E-state index is 0.00593.